The lowest BCUT2D eigenvalue weighted by Crippen LogP contribution is -2.28. The molecule has 8 heteroatoms. The lowest BCUT2D eigenvalue weighted by atomic mass is 9.80. The van der Waals surface area contributed by atoms with Crippen molar-refractivity contribution in [2.75, 3.05) is 17.7 Å². The van der Waals surface area contributed by atoms with E-state index < -0.39 is 0 Å². The summed E-state index contributed by atoms with van der Waals surface area (Å²) in [6.45, 7) is 2.63. The minimum Gasteiger partial charge on any atom is -0.393 e. The zero-order chi connectivity index (χ0) is 15.0. The first kappa shape index (κ1) is 14.2. The largest absolute Gasteiger partial charge is 0.393 e. The number of anilines is 2. The number of aliphatic hydroxyl groups is 1. The van der Waals surface area contributed by atoms with Crippen molar-refractivity contribution >= 4 is 23.3 Å². The zero-order valence-corrected chi connectivity index (χ0v) is 12.8. The van der Waals surface area contributed by atoms with E-state index in [1.54, 1.807) is 0 Å². The lowest BCUT2D eigenvalue weighted by molar-refractivity contribution is 0.0732. The molecule has 1 aliphatic rings. The molecule has 0 aliphatic heterocycles. The highest BCUT2D eigenvalue weighted by atomic mass is 32.1. The van der Waals surface area contributed by atoms with Gasteiger partial charge < -0.3 is 15.7 Å². The van der Waals surface area contributed by atoms with E-state index in [0.717, 1.165) is 34.9 Å². The molecule has 1 saturated carbocycles. The van der Waals surface area contributed by atoms with Crippen LogP contribution in [0.1, 0.15) is 35.0 Å². The van der Waals surface area contributed by atoms with Crippen LogP contribution in [0.4, 0.5) is 11.8 Å². The third kappa shape index (κ3) is 2.96. The van der Waals surface area contributed by atoms with Crippen molar-refractivity contribution in [3.05, 3.63) is 22.3 Å². The molecule has 112 valence electrons. The number of nitrogen functional groups attached to an aromatic ring is 1. The van der Waals surface area contributed by atoms with Gasteiger partial charge in [-0.25, -0.2) is 4.98 Å². The highest BCUT2D eigenvalue weighted by molar-refractivity contribution is 7.05. The number of aromatic nitrogens is 4. The lowest BCUT2D eigenvalue weighted by Gasteiger charge is -2.31. The Labute approximate surface area is 127 Å². The average molecular weight is 306 g/mol. The summed E-state index contributed by atoms with van der Waals surface area (Å²) in [5.74, 6) is 1.34. The van der Waals surface area contributed by atoms with Crippen molar-refractivity contribution in [3.63, 3.8) is 0 Å². The molecule has 2 heterocycles. The maximum atomic E-state index is 9.43. The van der Waals surface area contributed by atoms with Crippen molar-refractivity contribution in [1.29, 1.82) is 0 Å². The quantitative estimate of drug-likeness (QED) is 0.872. The number of nitrogens with zero attached hydrogens (tertiary/aromatic N) is 5. The first-order valence-corrected chi connectivity index (χ1v) is 7.61. The molecule has 0 unspecified atom stereocenters. The topological polar surface area (TPSA) is 101 Å². The molecule has 1 fully saturated rings. The monoisotopic (exact) mass is 306 g/mol. The van der Waals surface area contributed by atoms with Crippen molar-refractivity contribution in [1.82, 2.24) is 19.6 Å². The van der Waals surface area contributed by atoms with Gasteiger partial charge in [0.25, 0.3) is 0 Å². The van der Waals surface area contributed by atoms with Crippen LogP contribution in [0.15, 0.2) is 6.07 Å². The molecule has 1 aliphatic carbocycles. The van der Waals surface area contributed by atoms with Crippen LogP contribution >= 0.6 is 11.5 Å². The Balaban J connectivity index is 1.79. The smallest absolute Gasteiger partial charge is 0.222 e. The van der Waals surface area contributed by atoms with Gasteiger partial charge in [-0.1, -0.05) is 4.49 Å². The number of hydrogen-bond acceptors (Lipinski definition) is 8. The van der Waals surface area contributed by atoms with Crippen LogP contribution in [0.2, 0.25) is 0 Å². The molecule has 21 heavy (non-hydrogen) atoms. The van der Waals surface area contributed by atoms with Crippen LogP contribution in [0.3, 0.4) is 0 Å². The Bertz CT molecular complexity index is 639. The van der Waals surface area contributed by atoms with Crippen molar-refractivity contribution in [2.24, 2.45) is 0 Å². The molecular formula is C13H18N6OS. The van der Waals surface area contributed by atoms with Crippen molar-refractivity contribution in [2.45, 2.75) is 38.3 Å². The Morgan fingerprint density at radius 3 is 2.81 bits per heavy atom. The summed E-state index contributed by atoms with van der Waals surface area (Å²) >= 11 is 1.39. The van der Waals surface area contributed by atoms with Gasteiger partial charge in [0.2, 0.25) is 5.95 Å². The normalized spacial score (nSPS) is 21.1. The summed E-state index contributed by atoms with van der Waals surface area (Å²) < 4.78 is 3.94. The third-order valence-electron chi connectivity index (χ3n) is 3.80. The summed E-state index contributed by atoms with van der Waals surface area (Å²) in [5, 5.41) is 13.4. The van der Waals surface area contributed by atoms with Gasteiger partial charge in [0.05, 0.1) is 28.9 Å². The van der Waals surface area contributed by atoms with Crippen LogP contribution in [-0.4, -0.2) is 37.8 Å². The molecule has 3 rings (SSSR count). The summed E-state index contributed by atoms with van der Waals surface area (Å²) in [7, 11) is 1.96. The van der Waals surface area contributed by atoms with Gasteiger partial charge in [-0.3, -0.25) is 0 Å². The molecule has 2 aromatic heterocycles. The Hall–Kier alpha value is -1.80. The highest BCUT2D eigenvalue weighted by Crippen LogP contribution is 2.36. The first-order chi connectivity index (χ1) is 10.0. The van der Waals surface area contributed by atoms with E-state index in [1.807, 2.05) is 24.9 Å². The highest BCUT2D eigenvalue weighted by Gasteiger charge is 2.30. The maximum absolute atomic E-state index is 9.43. The molecule has 0 radical (unpaired) electrons. The Kier molecular flexibility index (Phi) is 3.73. The van der Waals surface area contributed by atoms with Gasteiger partial charge in [0.1, 0.15) is 5.82 Å². The predicted molar refractivity (Wildman–Crippen MR) is 81.2 cm³/mol. The number of aryl methyl sites for hydroxylation is 1. The van der Waals surface area contributed by atoms with Gasteiger partial charge in [0, 0.05) is 19.0 Å². The second kappa shape index (κ2) is 5.53. The summed E-state index contributed by atoms with van der Waals surface area (Å²) in [4.78, 5) is 11.7. The molecular weight excluding hydrogens is 288 g/mol. The SMILES string of the molecule is Cc1nnsc1CN(C)c1cc(C2CC(O)C2)nc(N)n1. The minimum absolute atomic E-state index is 0.210. The predicted octanol–water partition coefficient (Wildman–Crippen LogP) is 1.09. The Morgan fingerprint density at radius 2 is 2.19 bits per heavy atom. The molecule has 0 spiro atoms. The first-order valence-electron chi connectivity index (χ1n) is 6.84. The van der Waals surface area contributed by atoms with Gasteiger partial charge in [-0.05, 0) is 31.3 Å². The van der Waals surface area contributed by atoms with Crippen LogP contribution in [-0.2, 0) is 6.54 Å². The molecule has 7 nitrogen and oxygen atoms in total. The average Bonchev–Trinajstić information content (AvgIpc) is 2.80. The van der Waals surface area contributed by atoms with Gasteiger partial charge in [-0.2, -0.15) is 4.98 Å². The fourth-order valence-electron chi connectivity index (χ4n) is 2.40. The fourth-order valence-corrected chi connectivity index (χ4v) is 3.08. The van der Waals surface area contributed by atoms with Gasteiger partial charge in [-0.15, -0.1) is 5.10 Å². The number of aliphatic hydroxyl groups excluding tert-OH is 1. The molecule has 2 aromatic rings. The molecule has 3 N–H and O–H groups in total. The van der Waals surface area contributed by atoms with E-state index in [1.165, 1.54) is 11.5 Å². The standard InChI is InChI=1S/C13H18N6OS/c1-7-11(21-18-17-7)6-19(2)12-5-10(15-13(14)16-12)8-3-9(20)4-8/h5,8-9,20H,3-4,6H2,1-2H3,(H2,14,15,16). The molecule has 0 saturated heterocycles. The summed E-state index contributed by atoms with van der Waals surface area (Å²) in [6.07, 6.45) is 1.29. The van der Waals surface area contributed by atoms with Crippen molar-refractivity contribution in [3.8, 4) is 0 Å². The molecule has 0 amide bonds. The maximum Gasteiger partial charge on any atom is 0.222 e. The van der Waals surface area contributed by atoms with Crippen LogP contribution in [0.25, 0.3) is 0 Å². The zero-order valence-electron chi connectivity index (χ0n) is 12.0. The van der Waals surface area contributed by atoms with E-state index in [0.29, 0.717) is 6.54 Å². The second-order valence-corrected chi connectivity index (χ2v) is 6.31. The van der Waals surface area contributed by atoms with E-state index in [4.69, 9.17) is 5.73 Å². The Morgan fingerprint density at radius 1 is 1.43 bits per heavy atom. The number of rotatable bonds is 4. The second-order valence-electron chi connectivity index (χ2n) is 5.47. The number of nitrogens with two attached hydrogens (primary N) is 1. The molecule has 0 aromatic carbocycles. The van der Waals surface area contributed by atoms with E-state index in [-0.39, 0.29) is 18.0 Å². The summed E-state index contributed by atoms with van der Waals surface area (Å²) in [5.41, 5.74) is 7.67. The fraction of sp³-hybridized carbons (Fsp3) is 0.538. The third-order valence-corrected chi connectivity index (χ3v) is 4.61. The van der Waals surface area contributed by atoms with Crippen LogP contribution in [0.5, 0.6) is 0 Å². The van der Waals surface area contributed by atoms with Crippen LogP contribution < -0.4 is 10.6 Å². The summed E-state index contributed by atoms with van der Waals surface area (Å²) in [6, 6.07) is 1.96. The minimum atomic E-state index is -0.210. The molecule has 0 bridgehead atoms. The van der Waals surface area contributed by atoms with Gasteiger partial charge >= 0.3 is 0 Å². The van der Waals surface area contributed by atoms with E-state index in [9.17, 15) is 5.11 Å². The van der Waals surface area contributed by atoms with E-state index >= 15 is 0 Å². The van der Waals surface area contributed by atoms with E-state index in [2.05, 4.69) is 19.6 Å². The number of hydrogen-bond donors (Lipinski definition) is 2. The van der Waals surface area contributed by atoms with Gasteiger partial charge in [0.15, 0.2) is 0 Å². The van der Waals surface area contributed by atoms with Crippen molar-refractivity contribution < 1.29 is 5.11 Å². The molecule has 0 atom stereocenters. The van der Waals surface area contributed by atoms with Crippen LogP contribution in [0, 0.1) is 6.92 Å².